The molecule has 0 spiro atoms. The quantitative estimate of drug-likeness (QED) is 0.693. The summed E-state index contributed by atoms with van der Waals surface area (Å²) in [6.45, 7) is 8.37. The number of hydrogen-bond donors (Lipinski definition) is 1. The molecule has 3 heteroatoms. The van der Waals surface area contributed by atoms with E-state index in [4.69, 9.17) is 5.26 Å². The molecule has 0 saturated carbocycles. The summed E-state index contributed by atoms with van der Waals surface area (Å²) >= 11 is 0. The fraction of sp³-hybridized carbons (Fsp3) is 0.562. The molecule has 0 aromatic heterocycles. The number of likely N-dealkylation sites (N-methyl/N-ethyl adjacent to an activating group) is 1. The minimum Gasteiger partial charge on any atom is -0.315 e. The van der Waals surface area contributed by atoms with Gasteiger partial charge in [0.15, 0.2) is 0 Å². The molecule has 19 heavy (non-hydrogen) atoms. The van der Waals surface area contributed by atoms with Crippen LogP contribution in [0.25, 0.3) is 0 Å². The summed E-state index contributed by atoms with van der Waals surface area (Å²) < 4.78 is 0. The Morgan fingerprint density at radius 2 is 1.89 bits per heavy atom. The van der Waals surface area contributed by atoms with Crippen molar-refractivity contribution >= 4 is 0 Å². The summed E-state index contributed by atoms with van der Waals surface area (Å²) in [6, 6.07) is 13.2. The van der Waals surface area contributed by atoms with E-state index >= 15 is 0 Å². The lowest BCUT2D eigenvalue weighted by molar-refractivity contribution is 0.213. The molecule has 0 aliphatic rings. The van der Waals surface area contributed by atoms with Gasteiger partial charge in [0.1, 0.15) is 0 Å². The van der Waals surface area contributed by atoms with Gasteiger partial charge < -0.3 is 5.32 Å². The minimum atomic E-state index is 0.415. The Hall–Kier alpha value is -1.37. The Morgan fingerprint density at radius 3 is 2.47 bits per heavy atom. The van der Waals surface area contributed by atoms with E-state index < -0.39 is 0 Å². The van der Waals surface area contributed by atoms with Crippen LogP contribution < -0.4 is 5.32 Å². The zero-order valence-corrected chi connectivity index (χ0v) is 12.1. The molecule has 104 valence electrons. The summed E-state index contributed by atoms with van der Waals surface area (Å²) in [4.78, 5) is 2.46. The predicted molar refractivity (Wildman–Crippen MR) is 79.8 cm³/mol. The number of rotatable bonds is 9. The Balaban J connectivity index is 2.58. The first-order chi connectivity index (χ1) is 9.33. The summed E-state index contributed by atoms with van der Waals surface area (Å²) in [5.41, 5.74) is 1.36. The van der Waals surface area contributed by atoms with Crippen LogP contribution in [0.15, 0.2) is 30.3 Å². The van der Waals surface area contributed by atoms with Crippen LogP contribution >= 0.6 is 0 Å². The van der Waals surface area contributed by atoms with Crippen molar-refractivity contribution in [1.82, 2.24) is 10.2 Å². The number of nitriles is 1. The second kappa shape index (κ2) is 9.55. The summed E-state index contributed by atoms with van der Waals surface area (Å²) in [7, 11) is 0. The smallest absolute Gasteiger partial charge is 0.0622 e. The average molecular weight is 259 g/mol. The SMILES string of the molecule is CCN(CC)C(CNCCCC#N)c1ccccc1. The highest BCUT2D eigenvalue weighted by Crippen LogP contribution is 2.19. The summed E-state index contributed by atoms with van der Waals surface area (Å²) in [5.74, 6) is 0. The van der Waals surface area contributed by atoms with E-state index in [-0.39, 0.29) is 0 Å². The molecule has 0 fully saturated rings. The number of benzene rings is 1. The molecule has 1 aromatic rings. The first-order valence-electron chi connectivity index (χ1n) is 7.20. The molecule has 3 nitrogen and oxygen atoms in total. The van der Waals surface area contributed by atoms with Gasteiger partial charge in [-0.1, -0.05) is 44.2 Å². The van der Waals surface area contributed by atoms with E-state index in [1.165, 1.54) is 5.56 Å². The topological polar surface area (TPSA) is 39.1 Å². The van der Waals surface area contributed by atoms with E-state index in [0.717, 1.165) is 32.6 Å². The molecule has 0 aliphatic heterocycles. The van der Waals surface area contributed by atoms with Crippen molar-refractivity contribution in [2.24, 2.45) is 0 Å². The van der Waals surface area contributed by atoms with Crippen LogP contribution in [-0.2, 0) is 0 Å². The normalized spacial score (nSPS) is 12.3. The van der Waals surface area contributed by atoms with Gasteiger partial charge in [-0.3, -0.25) is 4.90 Å². The van der Waals surface area contributed by atoms with Gasteiger partial charge in [-0.2, -0.15) is 5.26 Å². The minimum absolute atomic E-state index is 0.415. The average Bonchev–Trinajstić information content (AvgIpc) is 2.47. The van der Waals surface area contributed by atoms with Crippen molar-refractivity contribution in [3.05, 3.63) is 35.9 Å². The van der Waals surface area contributed by atoms with Gasteiger partial charge in [-0.15, -0.1) is 0 Å². The molecule has 1 aromatic carbocycles. The lowest BCUT2D eigenvalue weighted by Crippen LogP contribution is -2.36. The third kappa shape index (κ3) is 5.42. The third-order valence-electron chi connectivity index (χ3n) is 3.42. The molecule has 0 saturated heterocycles. The maximum atomic E-state index is 8.53. The van der Waals surface area contributed by atoms with Gasteiger partial charge in [0.25, 0.3) is 0 Å². The lowest BCUT2D eigenvalue weighted by atomic mass is 10.1. The second-order valence-electron chi connectivity index (χ2n) is 4.61. The molecule has 1 atom stereocenters. The van der Waals surface area contributed by atoms with Crippen LogP contribution in [0, 0.1) is 11.3 Å². The zero-order chi connectivity index (χ0) is 13.9. The highest BCUT2D eigenvalue weighted by molar-refractivity contribution is 5.19. The molecular weight excluding hydrogens is 234 g/mol. The highest BCUT2D eigenvalue weighted by Gasteiger charge is 2.16. The van der Waals surface area contributed by atoms with Crippen LogP contribution in [0.2, 0.25) is 0 Å². The first kappa shape index (κ1) is 15.7. The van der Waals surface area contributed by atoms with Crippen molar-refractivity contribution < 1.29 is 0 Å². The molecular formula is C16H25N3. The molecule has 1 N–H and O–H groups in total. The number of hydrogen-bond acceptors (Lipinski definition) is 3. The fourth-order valence-electron chi connectivity index (χ4n) is 2.33. The Labute approximate surface area is 117 Å². The fourth-order valence-corrected chi connectivity index (χ4v) is 2.33. The van der Waals surface area contributed by atoms with Crippen molar-refractivity contribution in [2.45, 2.75) is 32.7 Å². The van der Waals surface area contributed by atoms with Crippen LogP contribution in [0.5, 0.6) is 0 Å². The summed E-state index contributed by atoms with van der Waals surface area (Å²) in [6.07, 6.45) is 1.56. The number of nitrogens with one attached hydrogen (secondary N) is 1. The molecule has 1 unspecified atom stereocenters. The zero-order valence-electron chi connectivity index (χ0n) is 12.1. The van der Waals surface area contributed by atoms with E-state index in [0.29, 0.717) is 12.5 Å². The van der Waals surface area contributed by atoms with Gasteiger partial charge in [0.2, 0.25) is 0 Å². The Kier molecular flexibility index (Phi) is 7.88. The maximum absolute atomic E-state index is 8.53. The summed E-state index contributed by atoms with van der Waals surface area (Å²) in [5, 5.41) is 12.0. The van der Waals surface area contributed by atoms with E-state index in [9.17, 15) is 0 Å². The predicted octanol–water partition coefficient (Wildman–Crippen LogP) is 2.96. The monoisotopic (exact) mass is 259 g/mol. The van der Waals surface area contributed by atoms with E-state index in [1.807, 2.05) is 0 Å². The van der Waals surface area contributed by atoms with E-state index in [2.05, 4.69) is 60.5 Å². The lowest BCUT2D eigenvalue weighted by Gasteiger charge is -2.30. The van der Waals surface area contributed by atoms with Crippen molar-refractivity contribution in [1.29, 1.82) is 5.26 Å². The Morgan fingerprint density at radius 1 is 1.21 bits per heavy atom. The van der Waals surface area contributed by atoms with E-state index in [1.54, 1.807) is 0 Å². The third-order valence-corrected chi connectivity index (χ3v) is 3.42. The van der Waals surface area contributed by atoms with Gasteiger partial charge in [0, 0.05) is 19.0 Å². The molecule has 1 rings (SSSR count). The van der Waals surface area contributed by atoms with Crippen molar-refractivity contribution in [2.75, 3.05) is 26.2 Å². The second-order valence-corrected chi connectivity index (χ2v) is 4.61. The number of unbranched alkanes of at least 4 members (excludes halogenated alkanes) is 1. The van der Waals surface area contributed by atoms with Gasteiger partial charge in [0.05, 0.1) is 6.07 Å². The van der Waals surface area contributed by atoms with Crippen LogP contribution in [0.1, 0.15) is 38.3 Å². The van der Waals surface area contributed by atoms with Crippen LogP contribution in [-0.4, -0.2) is 31.1 Å². The molecule has 0 heterocycles. The molecule has 0 bridgehead atoms. The maximum Gasteiger partial charge on any atom is 0.0622 e. The van der Waals surface area contributed by atoms with Crippen LogP contribution in [0.4, 0.5) is 0 Å². The first-order valence-corrected chi connectivity index (χ1v) is 7.20. The van der Waals surface area contributed by atoms with Gasteiger partial charge in [-0.05, 0) is 31.6 Å². The molecule has 0 aliphatic carbocycles. The standard InChI is InChI=1S/C16H25N3/c1-3-19(4-2)16(14-18-13-9-8-12-17)15-10-6-5-7-11-15/h5-7,10-11,16,18H,3-4,8-9,13-14H2,1-2H3. The van der Waals surface area contributed by atoms with Gasteiger partial charge >= 0.3 is 0 Å². The van der Waals surface area contributed by atoms with Crippen molar-refractivity contribution in [3.63, 3.8) is 0 Å². The number of nitrogens with zero attached hydrogens (tertiary/aromatic N) is 2. The Bertz CT molecular complexity index is 365. The molecule has 0 amide bonds. The van der Waals surface area contributed by atoms with Crippen LogP contribution in [0.3, 0.4) is 0 Å². The molecule has 0 radical (unpaired) electrons. The van der Waals surface area contributed by atoms with Crippen molar-refractivity contribution in [3.8, 4) is 6.07 Å². The largest absolute Gasteiger partial charge is 0.315 e. The van der Waals surface area contributed by atoms with Gasteiger partial charge in [-0.25, -0.2) is 0 Å². The highest BCUT2D eigenvalue weighted by atomic mass is 15.2.